The third-order valence-electron chi connectivity index (χ3n) is 4.78. The summed E-state index contributed by atoms with van der Waals surface area (Å²) in [6.45, 7) is 2.82. The van der Waals surface area contributed by atoms with Crippen LogP contribution in [0.4, 0.5) is 5.69 Å². The topological polar surface area (TPSA) is 42.2 Å². The summed E-state index contributed by atoms with van der Waals surface area (Å²) >= 11 is 0. The lowest BCUT2D eigenvalue weighted by Crippen LogP contribution is -2.22. The van der Waals surface area contributed by atoms with Crippen molar-refractivity contribution in [2.24, 2.45) is 4.99 Å². The van der Waals surface area contributed by atoms with Crippen molar-refractivity contribution in [3.05, 3.63) is 47.3 Å². The van der Waals surface area contributed by atoms with E-state index in [1.807, 2.05) is 18.2 Å². The molecule has 0 bridgehead atoms. The average Bonchev–Trinajstić information content (AvgIpc) is 2.93. The van der Waals surface area contributed by atoms with Crippen LogP contribution in [0.2, 0.25) is 0 Å². The second-order valence-corrected chi connectivity index (χ2v) is 6.30. The number of nitrogens with zero attached hydrogens (tertiary/aromatic N) is 3. The van der Waals surface area contributed by atoms with Crippen LogP contribution in [0.3, 0.4) is 0 Å². The first-order valence-corrected chi connectivity index (χ1v) is 8.28. The van der Waals surface area contributed by atoms with Crippen LogP contribution in [0.25, 0.3) is 0 Å². The molecule has 2 aromatic rings. The maximum absolute atomic E-state index is 4.82. The Hall–Kier alpha value is -2.10. The van der Waals surface area contributed by atoms with Gasteiger partial charge in [0.25, 0.3) is 0 Å². The van der Waals surface area contributed by atoms with Crippen LogP contribution in [0.1, 0.15) is 55.1 Å². The first-order chi connectivity index (χ1) is 10.8. The van der Waals surface area contributed by atoms with Gasteiger partial charge in [-0.05, 0) is 19.8 Å². The number of hydrogen-bond acceptors (Lipinski definition) is 3. The highest BCUT2D eigenvalue weighted by atomic mass is 15.3. The zero-order valence-electron chi connectivity index (χ0n) is 13.0. The lowest BCUT2D eigenvalue weighted by atomic mass is 9.95. The van der Waals surface area contributed by atoms with E-state index in [0.29, 0.717) is 6.04 Å². The molecule has 1 N–H and O–H groups in total. The molecule has 22 heavy (non-hydrogen) atoms. The van der Waals surface area contributed by atoms with Crippen LogP contribution >= 0.6 is 0 Å². The van der Waals surface area contributed by atoms with Gasteiger partial charge in [-0.2, -0.15) is 5.10 Å². The molecular weight excluding hydrogens is 272 g/mol. The minimum atomic E-state index is 0.562. The number of hydrogen-bond donors (Lipinski definition) is 1. The van der Waals surface area contributed by atoms with Crippen molar-refractivity contribution in [2.45, 2.75) is 51.6 Å². The Morgan fingerprint density at radius 1 is 1.09 bits per heavy atom. The predicted octanol–water partition coefficient (Wildman–Crippen LogP) is 4.07. The molecule has 1 aromatic heterocycles. The van der Waals surface area contributed by atoms with Crippen molar-refractivity contribution < 1.29 is 0 Å². The van der Waals surface area contributed by atoms with Gasteiger partial charge in [0.05, 0.1) is 29.7 Å². The molecule has 1 fully saturated rings. The second-order valence-electron chi connectivity index (χ2n) is 6.30. The van der Waals surface area contributed by atoms with E-state index in [2.05, 4.69) is 29.1 Å². The zero-order valence-corrected chi connectivity index (χ0v) is 13.0. The van der Waals surface area contributed by atoms with Crippen LogP contribution in [0, 0.1) is 6.92 Å². The van der Waals surface area contributed by atoms with Crippen LogP contribution in [0.5, 0.6) is 0 Å². The Morgan fingerprint density at radius 2 is 1.86 bits per heavy atom. The fraction of sp³-hybridized carbons (Fsp3) is 0.444. The molecule has 1 aliphatic heterocycles. The van der Waals surface area contributed by atoms with Crippen molar-refractivity contribution in [1.29, 1.82) is 0 Å². The number of aliphatic imine (C=N–C) groups is 1. The van der Waals surface area contributed by atoms with Crippen molar-refractivity contribution in [3.8, 4) is 0 Å². The van der Waals surface area contributed by atoms with Gasteiger partial charge < -0.3 is 5.32 Å². The van der Waals surface area contributed by atoms with Crippen LogP contribution < -0.4 is 5.32 Å². The van der Waals surface area contributed by atoms with E-state index in [-0.39, 0.29) is 0 Å². The van der Waals surface area contributed by atoms with Gasteiger partial charge in [0.15, 0.2) is 0 Å². The maximum Gasteiger partial charge on any atom is 0.133 e. The monoisotopic (exact) mass is 294 g/mol. The SMILES string of the molecule is Cc1nn(C2CCCCC2)c2c1NC(c1ccccc1)=NC2. The lowest BCUT2D eigenvalue weighted by molar-refractivity contribution is 0.321. The summed E-state index contributed by atoms with van der Waals surface area (Å²) in [6, 6.07) is 10.9. The lowest BCUT2D eigenvalue weighted by Gasteiger charge is -2.25. The summed E-state index contributed by atoms with van der Waals surface area (Å²) in [7, 11) is 0. The number of nitrogens with one attached hydrogen (secondary N) is 1. The molecule has 114 valence electrons. The van der Waals surface area contributed by atoms with Crippen molar-refractivity contribution in [3.63, 3.8) is 0 Å². The van der Waals surface area contributed by atoms with Gasteiger partial charge in [-0.15, -0.1) is 0 Å². The molecule has 0 radical (unpaired) electrons. The van der Waals surface area contributed by atoms with Crippen molar-refractivity contribution >= 4 is 11.5 Å². The van der Waals surface area contributed by atoms with Crippen LogP contribution in [-0.4, -0.2) is 15.6 Å². The highest BCUT2D eigenvalue weighted by molar-refractivity contribution is 6.09. The molecule has 1 aliphatic carbocycles. The molecule has 0 spiro atoms. The Morgan fingerprint density at radius 3 is 2.64 bits per heavy atom. The third-order valence-corrected chi connectivity index (χ3v) is 4.78. The molecule has 2 aliphatic rings. The fourth-order valence-corrected chi connectivity index (χ4v) is 3.61. The molecule has 4 heteroatoms. The van der Waals surface area contributed by atoms with Crippen LogP contribution in [0.15, 0.2) is 35.3 Å². The molecule has 0 amide bonds. The summed E-state index contributed by atoms with van der Waals surface area (Å²) in [5.41, 5.74) is 4.64. The molecule has 0 saturated heterocycles. The summed E-state index contributed by atoms with van der Waals surface area (Å²) in [4.78, 5) is 4.75. The van der Waals surface area contributed by atoms with Gasteiger partial charge in [0.2, 0.25) is 0 Å². The number of anilines is 1. The van der Waals surface area contributed by atoms with Gasteiger partial charge in [-0.25, -0.2) is 0 Å². The minimum Gasteiger partial charge on any atom is -0.337 e. The quantitative estimate of drug-likeness (QED) is 0.907. The molecule has 0 unspecified atom stereocenters. The van der Waals surface area contributed by atoms with E-state index in [1.54, 1.807) is 0 Å². The molecule has 4 nitrogen and oxygen atoms in total. The number of amidine groups is 1. The fourth-order valence-electron chi connectivity index (χ4n) is 3.61. The smallest absolute Gasteiger partial charge is 0.133 e. The van der Waals surface area contributed by atoms with Gasteiger partial charge >= 0.3 is 0 Å². The zero-order chi connectivity index (χ0) is 14.9. The predicted molar refractivity (Wildman–Crippen MR) is 89.4 cm³/mol. The number of rotatable bonds is 2. The Labute approximate surface area is 131 Å². The summed E-state index contributed by atoms with van der Waals surface area (Å²) in [5, 5.41) is 8.33. The van der Waals surface area contributed by atoms with E-state index in [1.165, 1.54) is 43.5 Å². The molecule has 4 rings (SSSR count). The second kappa shape index (κ2) is 5.59. The normalized spacial score (nSPS) is 18.5. The number of aryl methyl sites for hydroxylation is 1. The number of aromatic nitrogens is 2. The van der Waals surface area contributed by atoms with Crippen molar-refractivity contribution in [2.75, 3.05) is 5.32 Å². The summed E-state index contributed by atoms with van der Waals surface area (Å²) in [6.07, 6.45) is 6.52. The Kier molecular flexibility index (Phi) is 3.45. The maximum atomic E-state index is 4.82. The van der Waals surface area contributed by atoms with Crippen molar-refractivity contribution in [1.82, 2.24) is 9.78 Å². The first-order valence-electron chi connectivity index (χ1n) is 8.28. The third kappa shape index (κ3) is 2.32. The molecule has 1 aromatic carbocycles. The summed E-state index contributed by atoms with van der Waals surface area (Å²) < 4.78 is 2.25. The molecule has 2 heterocycles. The molecule has 1 saturated carbocycles. The Balaban J connectivity index is 1.65. The van der Waals surface area contributed by atoms with E-state index in [0.717, 1.165) is 23.6 Å². The van der Waals surface area contributed by atoms with Crippen LogP contribution in [-0.2, 0) is 6.54 Å². The highest BCUT2D eigenvalue weighted by Gasteiger charge is 2.25. The molecule has 0 atom stereocenters. The average molecular weight is 294 g/mol. The highest BCUT2D eigenvalue weighted by Crippen LogP contribution is 2.34. The van der Waals surface area contributed by atoms with Gasteiger partial charge in [0.1, 0.15) is 5.84 Å². The Bertz CT molecular complexity index is 693. The van der Waals surface area contributed by atoms with E-state index in [9.17, 15) is 0 Å². The summed E-state index contributed by atoms with van der Waals surface area (Å²) in [5.74, 6) is 0.958. The standard InChI is InChI=1S/C18H22N4/c1-13-17-16(22(21-13)15-10-6-3-7-11-15)12-19-18(20-17)14-8-4-2-5-9-14/h2,4-5,8-9,15H,3,6-7,10-12H2,1H3,(H,19,20). The largest absolute Gasteiger partial charge is 0.337 e. The van der Waals surface area contributed by atoms with E-state index < -0.39 is 0 Å². The minimum absolute atomic E-state index is 0.562. The van der Waals surface area contributed by atoms with Gasteiger partial charge in [-0.3, -0.25) is 9.67 Å². The number of benzene rings is 1. The first kappa shape index (κ1) is 13.6. The van der Waals surface area contributed by atoms with Gasteiger partial charge in [0, 0.05) is 5.56 Å². The van der Waals surface area contributed by atoms with E-state index in [4.69, 9.17) is 10.1 Å². The van der Waals surface area contributed by atoms with Gasteiger partial charge in [-0.1, -0.05) is 49.6 Å². The number of fused-ring (bicyclic) bond motifs is 1. The van der Waals surface area contributed by atoms with E-state index >= 15 is 0 Å². The molecular formula is C18H22N4.